The van der Waals surface area contributed by atoms with Gasteiger partial charge in [0.1, 0.15) is 0 Å². The van der Waals surface area contributed by atoms with E-state index in [1.807, 2.05) is 0 Å². The molecule has 1 saturated carbocycles. The molecule has 1 aliphatic rings. The van der Waals surface area contributed by atoms with Gasteiger partial charge in [-0.1, -0.05) is 0 Å². The largest absolute Gasteiger partial charge is 0.416 e. The highest BCUT2D eigenvalue weighted by atomic mass is 19.4. The van der Waals surface area contributed by atoms with Crippen molar-refractivity contribution in [2.45, 2.75) is 37.7 Å². The Morgan fingerprint density at radius 1 is 1.08 bits per heavy atom. The highest BCUT2D eigenvalue weighted by molar-refractivity contribution is 5.94. The van der Waals surface area contributed by atoms with Gasteiger partial charge in [-0.2, -0.15) is 26.3 Å². The summed E-state index contributed by atoms with van der Waals surface area (Å²) in [5.41, 5.74) is -5.12. The normalized spacial score (nSPS) is 18.2. The molecule has 2 rings (SSSR count). The van der Waals surface area contributed by atoms with Crippen LogP contribution in [0.5, 0.6) is 0 Å². The maximum atomic E-state index is 12.7. The molecule has 0 aliphatic heterocycles. The molecule has 1 aromatic rings. The van der Waals surface area contributed by atoms with Gasteiger partial charge in [-0.3, -0.25) is 4.79 Å². The van der Waals surface area contributed by atoms with Gasteiger partial charge in [-0.15, -0.1) is 0 Å². The smallest absolute Gasteiger partial charge is 0.388 e. The first kappa shape index (κ1) is 18.6. The highest BCUT2D eigenvalue weighted by Gasteiger charge is 2.40. The highest BCUT2D eigenvalue weighted by Crippen LogP contribution is 2.39. The number of amides is 1. The molecule has 9 heteroatoms. The Morgan fingerprint density at radius 3 is 1.92 bits per heavy atom. The fourth-order valence-corrected chi connectivity index (χ4v) is 2.30. The number of hydrogen-bond donors (Lipinski definition) is 2. The van der Waals surface area contributed by atoms with Crippen molar-refractivity contribution in [3.05, 3.63) is 34.9 Å². The van der Waals surface area contributed by atoms with E-state index in [4.69, 9.17) is 0 Å². The number of aliphatic hydroxyl groups is 1. The molecule has 3 nitrogen and oxygen atoms in total. The first-order chi connectivity index (χ1) is 10.8. The Morgan fingerprint density at radius 2 is 1.54 bits per heavy atom. The lowest BCUT2D eigenvalue weighted by Gasteiger charge is -2.23. The van der Waals surface area contributed by atoms with E-state index < -0.39 is 40.6 Å². The van der Waals surface area contributed by atoms with Gasteiger partial charge in [0.15, 0.2) is 0 Å². The lowest BCUT2D eigenvalue weighted by Crippen LogP contribution is -2.42. The minimum atomic E-state index is -5.02. The predicted molar refractivity (Wildman–Crippen MR) is 72.1 cm³/mol. The molecule has 2 N–H and O–H groups in total. The fourth-order valence-electron chi connectivity index (χ4n) is 2.30. The van der Waals surface area contributed by atoms with Gasteiger partial charge in [0.2, 0.25) is 0 Å². The number of halogens is 6. The van der Waals surface area contributed by atoms with Crippen LogP contribution in [-0.4, -0.2) is 23.2 Å². The number of hydrogen-bond acceptors (Lipinski definition) is 2. The number of benzene rings is 1. The Kier molecular flexibility index (Phi) is 4.60. The molecule has 24 heavy (non-hydrogen) atoms. The molecule has 0 bridgehead atoms. The van der Waals surface area contributed by atoms with Crippen molar-refractivity contribution in [3.63, 3.8) is 0 Å². The van der Waals surface area contributed by atoms with Gasteiger partial charge in [-0.25, -0.2) is 0 Å². The van der Waals surface area contributed by atoms with Gasteiger partial charge < -0.3 is 10.4 Å². The summed E-state index contributed by atoms with van der Waals surface area (Å²) in [5.74, 6) is -1.14. The van der Waals surface area contributed by atoms with Crippen LogP contribution in [0.25, 0.3) is 0 Å². The van der Waals surface area contributed by atoms with E-state index in [1.165, 1.54) is 6.92 Å². The van der Waals surface area contributed by atoms with Crippen LogP contribution in [0.15, 0.2) is 18.2 Å². The van der Waals surface area contributed by atoms with E-state index in [-0.39, 0.29) is 18.5 Å². The van der Waals surface area contributed by atoms with Crippen LogP contribution in [0.4, 0.5) is 26.3 Å². The number of nitrogens with one attached hydrogen (secondary N) is 1. The summed E-state index contributed by atoms with van der Waals surface area (Å²) in [7, 11) is 0. The predicted octanol–water partition coefficient (Wildman–Crippen LogP) is 3.62. The average molecular weight is 355 g/mol. The zero-order chi connectivity index (χ0) is 18.3. The van der Waals surface area contributed by atoms with Gasteiger partial charge >= 0.3 is 12.4 Å². The minimum absolute atomic E-state index is 0.0370. The van der Waals surface area contributed by atoms with Crippen molar-refractivity contribution in [2.75, 3.05) is 6.54 Å². The number of alkyl halides is 6. The lowest BCUT2D eigenvalue weighted by atomic mass is 10.00. The molecule has 0 heterocycles. The Balaban J connectivity index is 2.26. The summed E-state index contributed by atoms with van der Waals surface area (Å²) in [6.07, 6.45) is -8.53. The second-order valence-corrected chi connectivity index (χ2v) is 6.11. The van der Waals surface area contributed by atoms with Crippen LogP contribution < -0.4 is 5.32 Å². The molecule has 0 saturated heterocycles. The lowest BCUT2D eigenvalue weighted by molar-refractivity contribution is -0.143. The molecule has 134 valence electrons. The maximum Gasteiger partial charge on any atom is 0.416 e. The first-order valence-corrected chi connectivity index (χ1v) is 7.11. The van der Waals surface area contributed by atoms with Crippen molar-refractivity contribution in [2.24, 2.45) is 5.92 Å². The maximum absolute atomic E-state index is 12.7. The van der Waals surface area contributed by atoms with Crippen LogP contribution >= 0.6 is 0 Å². The second kappa shape index (κ2) is 5.94. The van der Waals surface area contributed by atoms with Gasteiger partial charge in [0.25, 0.3) is 5.91 Å². The minimum Gasteiger partial charge on any atom is -0.388 e. The van der Waals surface area contributed by atoms with Crippen molar-refractivity contribution in [1.29, 1.82) is 0 Å². The zero-order valence-corrected chi connectivity index (χ0v) is 12.6. The van der Waals surface area contributed by atoms with Crippen molar-refractivity contribution in [3.8, 4) is 0 Å². The second-order valence-electron chi connectivity index (χ2n) is 6.11. The summed E-state index contributed by atoms with van der Waals surface area (Å²) in [6, 6.07) is 0.671. The summed E-state index contributed by atoms with van der Waals surface area (Å²) in [5, 5.41) is 12.2. The Hall–Kier alpha value is -1.77. The molecule has 1 amide bonds. The number of carbonyl (C=O) groups is 1. The number of carbonyl (C=O) groups excluding carboxylic acids is 1. The molecular formula is C15H15F6NO2. The van der Waals surface area contributed by atoms with Gasteiger partial charge in [0.05, 0.1) is 16.7 Å². The monoisotopic (exact) mass is 355 g/mol. The van der Waals surface area contributed by atoms with E-state index >= 15 is 0 Å². The zero-order valence-electron chi connectivity index (χ0n) is 12.6. The molecule has 1 atom stereocenters. The fraction of sp³-hybridized carbons (Fsp3) is 0.533. The molecule has 1 aromatic carbocycles. The van der Waals surface area contributed by atoms with Crippen molar-refractivity contribution >= 4 is 5.91 Å². The molecule has 1 unspecified atom stereocenters. The topological polar surface area (TPSA) is 49.3 Å². The van der Waals surface area contributed by atoms with Crippen LogP contribution in [0.3, 0.4) is 0 Å². The molecule has 0 spiro atoms. The van der Waals surface area contributed by atoms with Crippen LogP contribution in [0, 0.1) is 5.92 Å². The standard InChI is InChI=1S/C15H15F6NO2/c1-13(24,9-2-3-9)7-22-12(23)8-4-10(14(16,17)18)6-11(5-8)15(19,20)21/h4-6,9,24H,2-3,7H2,1H3,(H,22,23). The van der Waals surface area contributed by atoms with Crippen LogP contribution in [-0.2, 0) is 12.4 Å². The van der Waals surface area contributed by atoms with E-state index in [0.717, 1.165) is 12.8 Å². The third-order valence-corrected chi connectivity index (χ3v) is 3.91. The van der Waals surface area contributed by atoms with Crippen molar-refractivity contribution in [1.82, 2.24) is 5.32 Å². The molecule has 0 aromatic heterocycles. The molecule has 1 fully saturated rings. The molecule has 0 radical (unpaired) electrons. The Bertz CT molecular complexity index is 600. The van der Waals surface area contributed by atoms with E-state index in [9.17, 15) is 36.2 Å². The number of rotatable bonds is 4. The quantitative estimate of drug-likeness (QED) is 0.811. The summed E-state index contributed by atoms with van der Waals surface area (Å²) in [4.78, 5) is 11.9. The third kappa shape index (κ3) is 4.40. The van der Waals surface area contributed by atoms with Gasteiger partial charge in [-0.05, 0) is 43.9 Å². The average Bonchev–Trinajstić information content (AvgIpc) is 3.27. The summed E-state index contributed by atoms with van der Waals surface area (Å²) < 4.78 is 76.5. The molecule has 1 aliphatic carbocycles. The third-order valence-electron chi connectivity index (χ3n) is 3.91. The SMILES string of the molecule is CC(O)(CNC(=O)c1cc(C(F)(F)F)cc(C(F)(F)F)c1)C1CC1. The van der Waals surface area contributed by atoms with Crippen LogP contribution in [0.1, 0.15) is 41.3 Å². The van der Waals surface area contributed by atoms with E-state index in [1.54, 1.807) is 0 Å². The van der Waals surface area contributed by atoms with E-state index in [2.05, 4.69) is 5.32 Å². The summed E-state index contributed by atoms with van der Waals surface area (Å²) >= 11 is 0. The first-order valence-electron chi connectivity index (χ1n) is 7.11. The molecular weight excluding hydrogens is 340 g/mol. The van der Waals surface area contributed by atoms with Crippen molar-refractivity contribution < 1.29 is 36.2 Å². The summed E-state index contributed by atoms with van der Waals surface area (Å²) in [6.45, 7) is 1.20. The Labute approximate surface area is 133 Å². The van der Waals surface area contributed by atoms with Crippen LogP contribution in [0.2, 0.25) is 0 Å². The van der Waals surface area contributed by atoms with Gasteiger partial charge in [0, 0.05) is 12.1 Å². The van der Waals surface area contributed by atoms with E-state index in [0.29, 0.717) is 12.1 Å².